The predicted octanol–water partition coefficient (Wildman–Crippen LogP) is 2.68. The SMILES string of the molecule is COC(=O)C1=C(CN2C3COC[C@H]2CC(O)C3)NC(c2nccs2)=NC1c1ccc(F)cc1Cl. The molecule has 5 rings (SSSR count). The number of esters is 1. The Labute approximate surface area is 205 Å². The van der Waals surface area contributed by atoms with E-state index in [1.165, 1.54) is 36.6 Å². The van der Waals surface area contributed by atoms with Crippen LogP contribution in [-0.4, -0.2) is 71.9 Å². The number of morpholine rings is 1. The third-order valence-corrected chi connectivity index (χ3v) is 7.52. The molecule has 2 saturated heterocycles. The summed E-state index contributed by atoms with van der Waals surface area (Å²) in [6.07, 6.45) is 2.49. The van der Waals surface area contributed by atoms with Crippen LogP contribution in [0.2, 0.25) is 5.02 Å². The molecule has 180 valence electrons. The molecule has 0 aliphatic carbocycles. The lowest BCUT2D eigenvalue weighted by atomic mass is 9.90. The minimum Gasteiger partial charge on any atom is -0.466 e. The summed E-state index contributed by atoms with van der Waals surface area (Å²) in [7, 11) is 1.32. The van der Waals surface area contributed by atoms with Crippen molar-refractivity contribution in [1.29, 1.82) is 0 Å². The Morgan fingerprint density at radius 3 is 2.79 bits per heavy atom. The number of rotatable bonds is 5. The number of nitrogens with one attached hydrogen (secondary N) is 1. The second kappa shape index (κ2) is 9.71. The number of halogens is 2. The van der Waals surface area contributed by atoms with E-state index in [1.54, 1.807) is 6.20 Å². The molecule has 3 aliphatic heterocycles. The van der Waals surface area contributed by atoms with Crippen molar-refractivity contribution in [2.75, 3.05) is 26.9 Å². The second-order valence-corrected chi connectivity index (χ2v) is 9.84. The molecule has 0 amide bonds. The highest BCUT2D eigenvalue weighted by molar-refractivity contribution is 7.11. The van der Waals surface area contributed by atoms with Crippen molar-refractivity contribution in [3.8, 4) is 0 Å². The number of ether oxygens (including phenoxy) is 2. The van der Waals surface area contributed by atoms with Crippen LogP contribution in [0.1, 0.15) is 29.5 Å². The van der Waals surface area contributed by atoms with E-state index in [-0.39, 0.29) is 23.2 Å². The fourth-order valence-corrected chi connectivity index (χ4v) is 5.73. The lowest BCUT2D eigenvalue weighted by molar-refractivity contribution is -0.136. The van der Waals surface area contributed by atoms with Gasteiger partial charge in [-0.3, -0.25) is 9.89 Å². The molecule has 1 aromatic heterocycles. The first kappa shape index (κ1) is 23.4. The largest absolute Gasteiger partial charge is 0.466 e. The molecule has 0 spiro atoms. The number of hydrogen-bond donors (Lipinski definition) is 2. The molecule has 2 bridgehead atoms. The molecule has 4 heterocycles. The van der Waals surface area contributed by atoms with Gasteiger partial charge in [0.15, 0.2) is 10.8 Å². The van der Waals surface area contributed by atoms with Gasteiger partial charge in [-0.05, 0) is 25.0 Å². The lowest BCUT2D eigenvalue weighted by Gasteiger charge is -2.48. The fraction of sp³-hybridized carbons (Fsp3) is 0.435. The molecule has 11 heteroatoms. The summed E-state index contributed by atoms with van der Waals surface area (Å²) in [5, 5.41) is 16.2. The number of methoxy groups -OCH3 is 1. The number of aromatic nitrogens is 1. The molecular weight excluding hydrogens is 483 g/mol. The Morgan fingerprint density at radius 1 is 1.38 bits per heavy atom. The molecule has 8 nitrogen and oxygen atoms in total. The van der Waals surface area contributed by atoms with Crippen LogP contribution < -0.4 is 5.32 Å². The van der Waals surface area contributed by atoms with Gasteiger partial charge in [-0.1, -0.05) is 17.7 Å². The highest BCUT2D eigenvalue weighted by atomic mass is 35.5. The number of nitrogens with zero attached hydrogens (tertiary/aromatic N) is 3. The number of hydrogen-bond acceptors (Lipinski definition) is 9. The van der Waals surface area contributed by atoms with E-state index < -0.39 is 17.8 Å². The first-order valence-electron chi connectivity index (χ1n) is 11.0. The summed E-state index contributed by atoms with van der Waals surface area (Å²) in [5.41, 5.74) is 1.42. The van der Waals surface area contributed by atoms with E-state index in [1.807, 2.05) is 5.38 Å². The smallest absolute Gasteiger partial charge is 0.338 e. The minimum atomic E-state index is -0.804. The predicted molar refractivity (Wildman–Crippen MR) is 125 cm³/mol. The summed E-state index contributed by atoms with van der Waals surface area (Å²) in [6, 6.07) is 3.28. The van der Waals surface area contributed by atoms with Gasteiger partial charge in [0.25, 0.3) is 0 Å². The van der Waals surface area contributed by atoms with Crippen molar-refractivity contribution in [1.82, 2.24) is 15.2 Å². The zero-order valence-electron chi connectivity index (χ0n) is 18.4. The lowest BCUT2D eigenvalue weighted by Crippen LogP contribution is -2.59. The number of benzene rings is 1. The Hall–Kier alpha value is -2.37. The number of aliphatic hydroxyl groups excluding tert-OH is 1. The van der Waals surface area contributed by atoms with Gasteiger partial charge < -0.3 is 19.9 Å². The number of aliphatic hydroxyl groups is 1. The number of aliphatic imine (C=N–C) groups is 1. The summed E-state index contributed by atoms with van der Waals surface area (Å²) in [5.74, 6) is -0.523. The Balaban J connectivity index is 1.60. The van der Waals surface area contributed by atoms with Crippen molar-refractivity contribution in [3.63, 3.8) is 0 Å². The quantitative estimate of drug-likeness (QED) is 0.602. The maximum Gasteiger partial charge on any atom is 0.338 e. The minimum absolute atomic E-state index is 0.0192. The van der Waals surface area contributed by atoms with Crippen LogP contribution in [0.5, 0.6) is 0 Å². The number of amidine groups is 1. The maximum absolute atomic E-state index is 13.8. The van der Waals surface area contributed by atoms with E-state index >= 15 is 0 Å². The summed E-state index contributed by atoms with van der Waals surface area (Å²) < 4.78 is 24.7. The summed E-state index contributed by atoms with van der Waals surface area (Å²) in [6.45, 7) is 1.42. The number of thiazole rings is 1. The van der Waals surface area contributed by atoms with E-state index in [9.17, 15) is 14.3 Å². The van der Waals surface area contributed by atoms with Gasteiger partial charge in [0.1, 0.15) is 11.9 Å². The average Bonchev–Trinajstić information content (AvgIpc) is 3.34. The van der Waals surface area contributed by atoms with Gasteiger partial charge in [-0.2, -0.15) is 0 Å². The van der Waals surface area contributed by atoms with Crippen molar-refractivity contribution >= 4 is 34.7 Å². The molecular formula is C23H24ClFN4O4S. The van der Waals surface area contributed by atoms with Gasteiger partial charge in [-0.25, -0.2) is 14.2 Å². The van der Waals surface area contributed by atoms with Crippen LogP contribution in [0, 0.1) is 5.82 Å². The Morgan fingerprint density at radius 2 is 2.15 bits per heavy atom. The molecule has 2 aromatic rings. The average molecular weight is 507 g/mol. The molecule has 1 aromatic carbocycles. The Bertz CT molecular complexity index is 1130. The van der Waals surface area contributed by atoms with Gasteiger partial charge in [0.2, 0.25) is 0 Å². The van der Waals surface area contributed by atoms with Gasteiger partial charge in [0, 0.05) is 46.5 Å². The number of fused-ring (bicyclic) bond motifs is 2. The van der Waals surface area contributed by atoms with Gasteiger partial charge >= 0.3 is 5.97 Å². The topological polar surface area (TPSA) is 96.3 Å². The number of carbonyl (C=O) groups excluding carboxylic acids is 1. The molecule has 0 saturated carbocycles. The van der Waals surface area contributed by atoms with Crippen LogP contribution in [0.15, 0.2) is 46.0 Å². The zero-order valence-corrected chi connectivity index (χ0v) is 20.0. The summed E-state index contributed by atoms with van der Waals surface area (Å²) >= 11 is 7.82. The number of carbonyl (C=O) groups is 1. The van der Waals surface area contributed by atoms with Gasteiger partial charge in [0.05, 0.1) is 32.0 Å². The second-order valence-electron chi connectivity index (χ2n) is 8.53. The normalized spacial score (nSPS) is 27.2. The van der Waals surface area contributed by atoms with E-state index in [0.717, 1.165) is 0 Å². The van der Waals surface area contributed by atoms with Crippen LogP contribution in [0.25, 0.3) is 0 Å². The Kier molecular flexibility index (Phi) is 6.67. The van der Waals surface area contributed by atoms with Crippen LogP contribution in [0.3, 0.4) is 0 Å². The molecule has 0 radical (unpaired) electrons. The standard InChI is InChI=1S/C23H24ClFN4O4S/c1-32-23(31)19-18(9-29-13-7-15(30)8-14(29)11-33-10-13)27-21(22-26-4-5-34-22)28-20(19)16-3-2-12(25)6-17(16)24/h2-6,13-15,20,30H,7-11H2,1H3,(H,27,28)/t13-,14?,15?,20?/m1/s1. The highest BCUT2D eigenvalue weighted by Crippen LogP contribution is 2.38. The molecule has 2 fully saturated rings. The molecule has 4 atom stereocenters. The van der Waals surface area contributed by atoms with Crippen molar-refractivity contribution in [3.05, 3.63) is 62.5 Å². The van der Waals surface area contributed by atoms with E-state index in [0.29, 0.717) is 60.3 Å². The van der Waals surface area contributed by atoms with E-state index in [2.05, 4.69) is 15.2 Å². The molecule has 3 aliphatic rings. The van der Waals surface area contributed by atoms with Crippen LogP contribution in [0.4, 0.5) is 4.39 Å². The number of piperidine rings is 1. The molecule has 2 N–H and O–H groups in total. The summed E-state index contributed by atoms with van der Waals surface area (Å²) in [4.78, 5) is 24.5. The van der Waals surface area contributed by atoms with Crippen molar-refractivity contribution in [2.45, 2.75) is 37.1 Å². The van der Waals surface area contributed by atoms with E-state index in [4.69, 9.17) is 26.1 Å². The third-order valence-electron chi connectivity index (χ3n) is 6.41. The first-order valence-corrected chi connectivity index (χ1v) is 12.2. The third kappa shape index (κ3) is 4.48. The highest BCUT2D eigenvalue weighted by Gasteiger charge is 2.41. The first-order chi connectivity index (χ1) is 16.4. The van der Waals surface area contributed by atoms with Crippen molar-refractivity contribution in [2.24, 2.45) is 4.99 Å². The molecule has 3 unspecified atom stereocenters. The van der Waals surface area contributed by atoms with Crippen molar-refractivity contribution < 1.29 is 23.8 Å². The van der Waals surface area contributed by atoms with Crippen LogP contribution >= 0.6 is 22.9 Å². The van der Waals surface area contributed by atoms with Crippen LogP contribution in [-0.2, 0) is 14.3 Å². The van der Waals surface area contributed by atoms with Gasteiger partial charge in [-0.15, -0.1) is 11.3 Å². The monoisotopic (exact) mass is 506 g/mol. The zero-order chi connectivity index (χ0) is 23.8. The maximum atomic E-state index is 13.8. The fourth-order valence-electron chi connectivity index (χ4n) is 4.87. The molecule has 34 heavy (non-hydrogen) atoms.